The van der Waals surface area contributed by atoms with Gasteiger partial charge in [0, 0.05) is 5.56 Å². The Morgan fingerprint density at radius 1 is 1.33 bits per heavy atom. The van der Waals surface area contributed by atoms with Gasteiger partial charge in [0.25, 0.3) is 11.5 Å². The molecule has 0 bridgehead atoms. The molecule has 2 aromatic rings. The van der Waals surface area contributed by atoms with Crippen molar-refractivity contribution >= 4 is 23.4 Å². The van der Waals surface area contributed by atoms with Crippen LogP contribution >= 0.6 is 11.8 Å². The van der Waals surface area contributed by atoms with Gasteiger partial charge in [-0.1, -0.05) is 30.0 Å². The maximum Gasteiger partial charge on any atom is 0.275 e. The van der Waals surface area contributed by atoms with Gasteiger partial charge >= 0.3 is 0 Å². The van der Waals surface area contributed by atoms with Crippen LogP contribution in [0.4, 0.5) is 5.69 Å². The SMILES string of the molecule is CSc1ncc(NC(=O)c2ccccc2)c(=O)[nH]1. The summed E-state index contributed by atoms with van der Waals surface area (Å²) in [5, 5.41) is 3.04. The number of rotatable bonds is 3. The zero-order valence-corrected chi connectivity index (χ0v) is 10.5. The summed E-state index contributed by atoms with van der Waals surface area (Å²) in [7, 11) is 0. The third kappa shape index (κ3) is 2.78. The van der Waals surface area contributed by atoms with Gasteiger partial charge in [-0.2, -0.15) is 0 Å². The van der Waals surface area contributed by atoms with Gasteiger partial charge in [-0.05, 0) is 18.4 Å². The Kier molecular flexibility index (Phi) is 3.78. The van der Waals surface area contributed by atoms with Crippen molar-refractivity contribution in [2.45, 2.75) is 5.16 Å². The molecule has 1 aromatic carbocycles. The fourth-order valence-electron chi connectivity index (χ4n) is 1.36. The molecule has 0 spiro atoms. The number of thioether (sulfide) groups is 1. The Morgan fingerprint density at radius 3 is 2.67 bits per heavy atom. The molecule has 1 amide bonds. The minimum absolute atomic E-state index is 0.140. The van der Waals surface area contributed by atoms with Gasteiger partial charge in [0.05, 0.1) is 6.20 Å². The summed E-state index contributed by atoms with van der Waals surface area (Å²) in [4.78, 5) is 30.0. The van der Waals surface area contributed by atoms with Crippen LogP contribution in [0.3, 0.4) is 0 Å². The van der Waals surface area contributed by atoms with Crippen molar-refractivity contribution in [2.24, 2.45) is 0 Å². The van der Waals surface area contributed by atoms with Crippen LogP contribution in [0.15, 0.2) is 46.5 Å². The highest BCUT2D eigenvalue weighted by Crippen LogP contribution is 2.07. The Hall–Kier alpha value is -2.08. The van der Waals surface area contributed by atoms with Crippen molar-refractivity contribution in [1.29, 1.82) is 0 Å². The van der Waals surface area contributed by atoms with Crippen molar-refractivity contribution in [3.8, 4) is 0 Å². The van der Waals surface area contributed by atoms with Crippen LogP contribution < -0.4 is 10.9 Å². The number of hydrogen-bond donors (Lipinski definition) is 2. The number of nitrogens with one attached hydrogen (secondary N) is 2. The molecule has 2 rings (SSSR count). The summed E-state index contributed by atoms with van der Waals surface area (Å²) in [5.41, 5.74) is 0.270. The zero-order valence-electron chi connectivity index (χ0n) is 9.64. The second kappa shape index (κ2) is 5.50. The molecular weight excluding hydrogens is 250 g/mol. The molecule has 0 saturated carbocycles. The first-order chi connectivity index (χ1) is 8.70. The van der Waals surface area contributed by atoms with E-state index in [2.05, 4.69) is 15.3 Å². The average Bonchev–Trinajstić information content (AvgIpc) is 2.42. The summed E-state index contributed by atoms with van der Waals surface area (Å²) < 4.78 is 0. The molecule has 0 aliphatic heterocycles. The summed E-state index contributed by atoms with van der Waals surface area (Å²) >= 11 is 1.33. The minimum atomic E-state index is -0.362. The van der Waals surface area contributed by atoms with E-state index in [9.17, 15) is 9.59 Å². The lowest BCUT2D eigenvalue weighted by Gasteiger charge is -2.04. The van der Waals surface area contributed by atoms with Crippen LogP contribution in [-0.2, 0) is 0 Å². The van der Waals surface area contributed by atoms with Crippen LogP contribution in [0.5, 0.6) is 0 Å². The molecule has 0 saturated heterocycles. The van der Waals surface area contributed by atoms with E-state index in [0.717, 1.165) is 0 Å². The molecule has 1 heterocycles. The standard InChI is InChI=1S/C12H11N3O2S/c1-18-12-13-7-9(11(17)15-12)14-10(16)8-5-3-2-4-6-8/h2-7H,1H3,(H,14,16)(H,13,15,17). The van der Waals surface area contributed by atoms with Crippen LogP contribution in [0.1, 0.15) is 10.4 Å². The lowest BCUT2D eigenvalue weighted by molar-refractivity contribution is 0.102. The number of H-pyrrole nitrogens is 1. The van der Waals surface area contributed by atoms with Gasteiger partial charge in [-0.3, -0.25) is 14.6 Å². The summed E-state index contributed by atoms with van der Waals surface area (Å²) in [6, 6.07) is 8.68. The van der Waals surface area contributed by atoms with Crippen molar-refractivity contribution in [1.82, 2.24) is 9.97 Å². The number of benzene rings is 1. The molecule has 0 aliphatic rings. The quantitative estimate of drug-likeness (QED) is 0.652. The first-order valence-electron chi connectivity index (χ1n) is 5.20. The molecule has 92 valence electrons. The number of carbonyl (C=O) groups is 1. The number of aromatic amines is 1. The van der Waals surface area contributed by atoms with Crippen molar-refractivity contribution in [3.05, 3.63) is 52.4 Å². The predicted octanol–water partition coefficient (Wildman–Crippen LogP) is 1.74. The number of anilines is 1. The average molecular weight is 261 g/mol. The van der Waals surface area contributed by atoms with Crippen molar-refractivity contribution < 1.29 is 4.79 Å². The number of amides is 1. The lowest BCUT2D eigenvalue weighted by Crippen LogP contribution is -2.20. The fraction of sp³-hybridized carbons (Fsp3) is 0.0833. The van der Waals surface area contributed by atoms with Crippen LogP contribution in [0.2, 0.25) is 0 Å². The lowest BCUT2D eigenvalue weighted by atomic mass is 10.2. The van der Waals surface area contributed by atoms with Gasteiger partial charge < -0.3 is 5.32 Å². The van der Waals surface area contributed by atoms with Crippen molar-refractivity contribution in [3.63, 3.8) is 0 Å². The highest BCUT2D eigenvalue weighted by atomic mass is 32.2. The molecule has 0 unspecified atom stereocenters. The Morgan fingerprint density at radius 2 is 2.06 bits per heavy atom. The highest BCUT2D eigenvalue weighted by molar-refractivity contribution is 7.98. The van der Waals surface area contributed by atoms with E-state index >= 15 is 0 Å². The van der Waals surface area contributed by atoms with Gasteiger partial charge in [-0.15, -0.1) is 0 Å². The molecule has 0 radical (unpaired) electrons. The molecule has 1 aromatic heterocycles. The van der Waals surface area contributed by atoms with Gasteiger partial charge in [0.15, 0.2) is 5.16 Å². The van der Waals surface area contributed by atoms with E-state index in [-0.39, 0.29) is 17.2 Å². The highest BCUT2D eigenvalue weighted by Gasteiger charge is 2.08. The van der Waals surface area contributed by atoms with E-state index in [1.807, 2.05) is 6.07 Å². The smallest absolute Gasteiger partial charge is 0.275 e. The molecule has 6 heteroatoms. The Bertz CT molecular complexity index is 610. The topological polar surface area (TPSA) is 74.8 Å². The maximum absolute atomic E-state index is 11.8. The molecular formula is C12H11N3O2S. The van der Waals surface area contributed by atoms with Crippen LogP contribution in [0, 0.1) is 0 Å². The summed E-state index contributed by atoms with van der Waals surface area (Å²) in [5.74, 6) is -0.334. The second-order valence-corrected chi connectivity index (χ2v) is 4.25. The van der Waals surface area contributed by atoms with Crippen LogP contribution in [0.25, 0.3) is 0 Å². The Balaban J connectivity index is 2.20. The largest absolute Gasteiger partial charge is 0.316 e. The van der Waals surface area contributed by atoms with E-state index in [4.69, 9.17) is 0 Å². The Labute approximate surface area is 108 Å². The fourth-order valence-corrected chi connectivity index (χ4v) is 1.71. The zero-order chi connectivity index (χ0) is 13.0. The maximum atomic E-state index is 11.8. The molecule has 0 atom stereocenters. The first kappa shape index (κ1) is 12.4. The van der Waals surface area contributed by atoms with Gasteiger partial charge in [0.1, 0.15) is 5.69 Å². The van der Waals surface area contributed by atoms with E-state index in [1.165, 1.54) is 18.0 Å². The predicted molar refractivity (Wildman–Crippen MR) is 71.0 cm³/mol. The number of aromatic nitrogens is 2. The summed E-state index contributed by atoms with van der Waals surface area (Å²) in [6.45, 7) is 0. The monoisotopic (exact) mass is 261 g/mol. The second-order valence-electron chi connectivity index (χ2n) is 3.46. The van der Waals surface area contributed by atoms with Gasteiger partial charge in [0.2, 0.25) is 0 Å². The third-order valence-corrected chi connectivity index (χ3v) is 2.85. The third-order valence-electron chi connectivity index (χ3n) is 2.25. The molecule has 0 fully saturated rings. The minimum Gasteiger partial charge on any atom is -0.316 e. The van der Waals surface area contributed by atoms with E-state index in [1.54, 1.807) is 30.5 Å². The van der Waals surface area contributed by atoms with E-state index < -0.39 is 0 Å². The molecule has 2 N–H and O–H groups in total. The number of carbonyl (C=O) groups excluding carboxylic acids is 1. The summed E-state index contributed by atoms with van der Waals surface area (Å²) in [6.07, 6.45) is 3.16. The van der Waals surface area contributed by atoms with Crippen molar-refractivity contribution in [2.75, 3.05) is 11.6 Å². The van der Waals surface area contributed by atoms with Gasteiger partial charge in [-0.25, -0.2) is 4.98 Å². The molecule has 5 nitrogen and oxygen atoms in total. The molecule has 0 aliphatic carbocycles. The number of hydrogen-bond acceptors (Lipinski definition) is 4. The molecule has 18 heavy (non-hydrogen) atoms. The normalized spacial score (nSPS) is 10.1. The first-order valence-corrected chi connectivity index (χ1v) is 6.43. The van der Waals surface area contributed by atoms with E-state index in [0.29, 0.717) is 10.7 Å². The van der Waals surface area contributed by atoms with Crippen LogP contribution in [-0.4, -0.2) is 22.1 Å². The number of nitrogens with zero attached hydrogens (tertiary/aromatic N) is 1.